The highest BCUT2D eigenvalue weighted by Crippen LogP contribution is 2.38. The Morgan fingerprint density at radius 3 is 1.09 bits per heavy atom. The molecule has 1 amide bonds. The van der Waals surface area contributed by atoms with Crippen LogP contribution in [-0.2, 0) is 18.4 Å². The van der Waals surface area contributed by atoms with Crippen LogP contribution in [0.3, 0.4) is 0 Å². The Morgan fingerprint density at radius 2 is 0.783 bits per heavy atom. The molecule has 69 heavy (non-hydrogen) atoms. The Balaban J connectivity index is 3.92. The van der Waals surface area contributed by atoms with Gasteiger partial charge in [0.25, 0.3) is 7.82 Å². The van der Waals surface area contributed by atoms with E-state index in [0.29, 0.717) is 17.4 Å². The molecule has 0 spiro atoms. The van der Waals surface area contributed by atoms with Crippen molar-refractivity contribution in [3.63, 3.8) is 0 Å². The number of aliphatic hydroxyl groups is 1. The lowest BCUT2D eigenvalue weighted by atomic mass is 10.0. The number of hydrogen-bond acceptors (Lipinski definition) is 6. The Bertz CT molecular complexity index is 1130. The van der Waals surface area contributed by atoms with Gasteiger partial charge >= 0.3 is 0 Å². The van der Waals surface area contributed by atoms with Crippen LogP contribution in [0, 0.1) is 0 Å². The van der Waals surface area contributed by atoms with Crippen molar-refractivity contribution in [3.8, 4) is 0 Å². The summed E-state index contributed by atoms with van der Waals surface area (Å²) in [5.74, 6) is -0.191. The van der Waals surface area contributed by atoms with Gasteiger partial charge in [-0.1, -0.05) is 302 Å². The van der Waals surface area contributed by atoms with Crippen LogP contribution < -0.4 is 10.2 Å². The topological polar surface area (TPSA) is 108 Å². The highest BCUT2D eigenvalue weighted by molar-refractivity contribution is 7.45. The van der Waals surface area contributed by atoms with E-state index >= 15 is 0 Å². The first-order chi connectivity index (χ1) is 33.5. The minimum Gasteiger partial charge on any atom is -0.756 e. The van der Waals surface area contributed by atoms with Gasteiger partial charge in [0, 0.05) is 6.42 Å². The highest BCUT2D eigenvalue weighted by atomic mass is 31.2. The number of amides is 1. The molecule has 0 aliphatic rings. The molecule has 2 N–H and O–H groups in total. The van der Waals surface area contributed by atoms with Crippen LogP contribution in [-0.4, -0.2) is 68.5 Å². The molecule has 8 nitrogen and oxygen atoms in total. The van der Waals surface area contributed by atoms with E-state index in [1.165, 1.54) is 257 Å². The number of unbranched alkanes of at least 4 members (excludes halogenated alkanes) is 44. The molecule has 0 saturated carbocycles. The van der Waals surface area contributed by atoms with E-state index in [1.54, 1.807) is 6.08 Å². The number of hydrogen-bond donors (Lipinski definition) is 2. The first kappa shape index (κ1) is 68.2. The van der Waals surface area contributed by atoms with Crippen LogP contribution in [0.2, 0.25) is 0 Å². The quantitative estimate of drug-likeness (QED) is 0.0272. The predicted octanol–water partition coefficient (Wildman–Crippen LogP) is 18.0. The number of carbonyl (C=O) groups is 1. The fraction of sp³-hybridized carbons (Fsp3) is 0.950. The summed E-state index contributed by atoms with van der Waals surface area (Å²) in [5, 5.41) is 13.9. The van der Waals surface area contributed by atoms with Gasteiger partial charge in [0.2, 0.25) is 5.91 Å². The zero-order valence-electron chi connectivity index (χ0n) is 47.0. The molecule has 9 heteroatoms. The minimum atomic E-state index is -4.59. The number of aliphatic hydroxyl groups excluding tert-OH is 1. The molecule has 0 heterocycles. The number of allylic oxidation sites excluding steroid dienone is 1. The van der Waals surface area contributed by atoms with Crippen LogP contribution >= 0.6 is 7.82 Å². The van der Waals surface area contributed by atoms with Crippen LogP contribution in [0.5, 0.6) is 0 Å². The number of phosphoric ester groups is 1. The van der Waals surface area contributed by atoms with E-state index in [-0.39, 0.29) is 19.1 Å². The van der Waals surface area contributed by atoms with Crippen molar-refractivity contribution in [2.45, 2.75) is 328 Å². The lowest BCUT2D eigenvalue weighted by Gasteiger charge is -2.29. The van der Waals surface area contributed by atoms with Gasteiger partial charge in [0.05, 0.1) is 39.9 Å². The van der Waals surface area contributed by atoms with Gasteiger partial charge in [-0.25, -0.2) is 0 Å². The smallest absolute Gasteiger partial charge is 0.268 e. The van der Waals surface area contributed by atoms with E-state index in [9.17, 15) is 19.4 Å². The summed E-state index contributed by atoms with van der Waals surface area (Å²) in [6.45, 7) is 4.69. The molecule has 0 aromatic rings. The third-order valence-corrected chi connectivity index (χ3v) is 15.2. The van der Waals surface area contributed by atoms with Crippen molar-refractivity contribution in [2.24, 2.45) is 0 Å². The lowest BCUT2D eigenvalue weighted by Crippen LogP contribution is -2.45. The highest BCUT2D eigenvalue weighted by Gasteiger charge is 2.23. The van der Waals surface area contributed by atoms with Crippen molar-refractivity contribution in [3.05, 3.63) is 12.2 Å². The summed E-state index contributed by atoms with van der Waals surface area (Å²) in [6.07, 6.45) is 64.6. The molecule has 412 valence electrons. The first-order valence-corrected chi connectivity index (χ1v) is 32.0. The molecule has 0 bridgehead atoms. The van der Waals surface area contributed by atoms with Gasteiger partial charge in [0.15, 0.2) is 0 Å². The Morgan fingerprint density at radius 1 is 0.493 bits per heavy atom. The number of likely N-dealkylation sites (N-methyl/N-ethyl adjacent to an activating group) is 1. The van der Waals surface area contributed by atoms with E-state index in [4.69, 9.17) is 9.05 Å². The Kier molecular flexibility index (Phi) is 51.5. The largest absolute Gasteiger partial charge is 0.756 e. The lowest BCUT2D eigenvalue weighted by molar-refractivity contribution is -0.870. The van der Waals surface area contributed by atoms with Crippen molar-refractivity contribution in [1.29, 1.82) is 0 Å². The second-order valence-electron chi connectivity index (χ2n) is 22.4. The van der Waals surface area contributed by atoms with Gasteiger partial charge in [0.1, 0.15) is 13.2 Å². The monoisotopic (exact) mass is 997 g/mol. The Hall–Kier alpha value is -0.760. The van der Waals surface area contributed by atoms with Crippen LogP contribution in [0.15, 0.2) is 12.2 Å². The van der Waals surface area contributed by atoms with E-state index < -0.39 is 20.0 Å². The molecule has 0 saturated heterocycles. The molecule has 0 aliphatic heterocycles. The number of rotatable bonds is 57. The number of phosphoric acid groups is 1. The van der Waals surface area contributed by atoms with Crippen molar-refractivity contribution < 1.29 is 32.9 Å². The molecule has 0 fully saturated rings. The average Bonchev–Trinajstić information content (AvgIpc) is 3.31. The second kappa shape index (κ2) is 52.1. The van der Waals surface area contributed by atoms with Crippen molar-refractivity contribution >= 4 is 13.7 Å². The molecule has 0 rings (SSSR count). The number of nitrogens with zero attached hydrogens (tertiary/aromatic N) is 1. The van der Waals surface area contributed by atoms with Gasteiger partial charge in [-0.05, 0) is 19.3 Å². The number of carbonyl (C=O) groups excluding carboxylic acids is 1. The number of nitrogens with one attached hydrogen (secondary N) is 1. The summed E-state index contributed by atoms with van der Waals surface area (Å²) in [5.41, 5.74) is 0. The summed E-state index contributed by atoms with van der Waals surface area (Å²) < 4.78 is 23.3. The normalized spacial score (nSPS) is 13.9. The van der Waals surface area contributed by atoms with Crippen LogP contribution in [0.1, 0.15) is 316 Å². The standard InChI is InChI=1S/C60H121N2O6P/c1-6-8-10-12-14-16-18-20-21-22-23-24-25-26-27-28-29-30-31-32-33-34-35-36-37-38-39-40-42-44-46-48-50-52-54-60(64)61-58(57-68-69(65,66)67-56-55-62(3,4)5)59(63)53-51-49-47-45-43-41-19-17-15-13-11-9-7-2/h51,53,58-59,63H,6-50,52,54-57H2,1-5H3,(H-,61,64,65,66)/b53-51+/t58-,59+/m0/s1. The van der Waals surface area contributed by atoms with Gasteiger partial charge < -0.3 is 28.8 Å². The number of quaternary nitrogens is 1. The summed E-state index contributed by atoms with van der Waals surface area (Å²) in [7, 11) is 1.28. The van der Waals surface area contributed by atoms with Crippen LogP contribution in [0.25, 0.3) is 0 Å². The fourth-order valence-corrected chi connectivity index (χ4v) is 10.2. The first-order valence-electron chi connectivity index (χ1n) is 30.6. The summed E-state index contributed by atoms with van der Waals surface area (Å²) in [4.78, 5) is 25.5. The van der Waals surface area contributed by atoms with E-state index in [2.05, 4.69) is 19.2 Å². The van der Waals surface area contributed by atoms with Gasteiger partial charge in [-0.15, -0.1) is 0 Å². The molecule has 0 aromatic carbocycles. The average molecular weight is 998 g/mol. The molecule has 3 atom stereocenters. The fourth-order valence-electron chi connectivity index (χ4n) is 9.45. The maximum atomic E-state index is 12.9. The van der Waals surface area contributed by atoms with E-state index in [1.807, 2.05) is 27.2 Å². The molecule has 1 unspecified atom stereocenters. The third kappa shape index (κ3) is 54.8. The zero-order chi connectivity index (χ0) is 50.6. The van der Waals surface area contributed by atoms with Crippen molar-refractivity contribution in [2.75, 3.05) is 40.9 Å². The minimum absolute atomic E-state index is 0.00244. The van der Waals surface area contributed by atoms with Gasteiger partial charge in [-0.3, -0.25) is 9.36 Å². The molecular formula is C60H121N2O6P. The maximum Gasteiger partial charge on any atom is 0.268 e. The predicted molar refractivity (Wildman–Crippen MR) is 298 cm³/mol. The van der Waals surface area contributed by atoms with Crippen molar-refractivity contribution in [1.82, 2.24) is 5.32 Å². The summed E-state index contributed by atoms with van der Waals surface area (Å²) in [6, 6.07) is -0.881. The molecule has 0 radical (unpaired) electrons. The summed E-state index contributed by atoms with van der Waals surface area (Å²) >= 11 is 0. The second-order valence-corrected chi connectivity index (χ2v) is 23.8. The van der Waals surface area contributed by atoms with Crippen LogP contribution in [0.4, 0.5) is 0 Å². The Labute approximate surface area is 431 Å². The van der Waals surface area contributed by atoms with E-state index in [0.717, 1.165) is 38.5 Å². The molecule has 0 aromatic heterocycles. The zero-order valence-corrected chi connectivity index (χ0v) is 47.9. The SMILES string of the molecule is CCCCCCCCCCCCC/C=C/[C@@H](O)[C@H](COP(=O)([O-])OCC[N+](C)(C)C)NC(=O)CCCCCCCCCCCCCCCCCCCCCCCCCCCCCCCCCCCC. The maximum absolute atomic E-state index is 12.9. The van der Waals surface area contributed by atoms with Gasteiger partial charge in [-0.2, -0.15) is 0 Å². The molecular weight excluding hydrogens is 876 g/mol. The third-order valence-electron chi connectivity index (χ3n) is 14.2. The molecule has 0 aliphatic carbocycles.